The van der Waals surface area contributed by atoms with Crippen molar-refractivity contribution in [1.29, 1.82) is 0 Å². The fourth-order valence-electron chi connectivity index (χ4n) is 4.53. The molecule has 4 rings (SSSR count). The van der Waals surface area contributed by atoms with Gasteiger partial charge in [0.1, 0.15) is 11.6 Å². The summed E-state index contributed by atoms with van der Waals surface area (Å²) in [5.74, 6) is 1.14. The molecule has 0 saturated heterocycles. The average Bonchev–Trinajstić information content (AvgIpc) is 2.95. The first kappa shape index (κ1) is 26.9. The molecule has 0 aliphatic carbocycles. The normalized spacial score (nSPS) is 12.1. The first-order valence-electron chi connectivity index (χ1n) is 13.3. The highest BCUT2D eigenvalue weighted by Crippen LogP contribution is 2.25. The van der Waals surface area contributed by atoms with Gasteiger partial charge in [0.05, 0.1) is 29.2 Å². The van der Waals surface area contributed by atoms with Crippen molar-refractivity contribution in [2.45, 2.75) is 46.1 Å². The minimum atomic E-state index is -0.441. The molecule has 1 unspecified atom stereocenters. The number of hydrogen-bond acceptors (Lipinski definition) is 4. The van der Waals surface area contributed by atoms with Crippen LogP contribution in [0.2, 0.25) is 0 Å². The van der Waals surface area contributed by atoms with Crippen LogP contribution >= 0.6 is 0 Å². The van der Waals surface area contributed by atoms with E-state index in [9.17, 15) is 9.59 Å². The number of carbonyl (C=O) groups is 1. The van der Waals surface area contributed by atoms with Gasteiger partial charge in [-0.3, -0.25) is 14.2 Å². The quantitative estimate of drug-likeness (QED) is 0.169. The van der Waals surface area contributed by atoms with Gasteiger partial charge >= 0.3 is 0 Å². The van der Waals surface area contributed by atoms with E-state index in [4.69, 9.17) is 9.72 Å². The number of benzene rings is 3. The lowest BCUT2D eigenvalue weighted by Gasteiger charge is -2.30. The van der Waals surface area contributed by atoms with Crippen molar-refractivity contribution in [3.05, 3.63) is 107 Å². The molecule has 6 heteroatoms. The molecule has 38 heavy (non-hydrogen) atoms. The van der Waals surface area contributed by atoms with Crippen LogP contribution in [0.15, 0.2) is 89.7 Å². The molecule has 0 saturated carbocycles. The van der Waals surface area contributed by atoms with E-state index >= 15 is 0 Å². The maximum atomic E-state index is 13.8. The molecule has 196 valence electrons. The summed E-state index contributed by atoms with van der Waals surface area (Å²) in [6.45, 7) is 7.15. The van der Waals surface area contributed by atoms with Crippen LogP contribution in [-0.4, -0.2) is 33.5 Å². The van der Waals surface area contributed by atoms with Crippen LogP contribution in [-0.2, 0) is 4.79 Å². The summed E-state index contributed by atoms with van der Waals surface area (Å²) in [4.78, 5) is 34.1. The lowest BCUT2D eigenvalue weighted by Crippen LogP contribution is -2.37. The van der Waals surface area contributed by atoms with E-state index < -0.39 is 6.04 Å². The number of amides is 1. The van der Waals surface area contributed by atoms with Crippen molar-refractivity contribution in [3.63, 3.8) is 0 Å². The molecule has 0 aliphatic heterocycles. The second kappa shape index (κ2) is 12.9. The number of nitrogens with zero attached hydrogens (tertiary/aromatic N) is 3. The highest BCUT2D eigenvalue weighted by molar-refractivity contribution is 5.92. The summed E-state index contributed by atoms with van der Waals surface area (Å²) in [7, 11) is 0. The molecule has 0 spiro atoms. The Kier molecular flexibility index (Phi) is 9.09. The molecule has 4 aromatic rings. The number of unbranched alkanes of at least 4 members (excludes halogenated alkanes) is 2. The van der Waals surface area contributed by atoms with Gasteiger partial charge in [-0.2, -0.15) is 0 Å². The predicted molar refractivity (Wildman–Crippen MR) is 154 cm³/mol. The summed E-state index contributed by atoms with van der Waals surface area (Å²) in [6.07, 6.45) is 6.36. The van der Waals surface area contributed by atoms with Gasteiger partial charge in [0, 0.05) is 12.6 Å². The SMILES string of the molecule is CCCCCN(C(=O)C=Cc1ccccc1)C(C)c1nc2ccccc2c(=O)n1-c1ccc(OCC)cc1. The third-order valence-corrected chi connectivity index (χ3v) is 6.55. The number of aromatic nitrogens is 2. The van der Waals surface area contributed by atoms with E-state index in [1.165, 1.54) is 0 Å². The van der Waals surface area contributed by atoms with Crippen LogP contribution in [0.25, 0.3) is 22.7 Å². The van der Waals surface area contributed by atoms with Crippen molar-refractivity contribution < 1.29 is 9.53 Å². The number of rotatable bonds is 11. The molecule has 1 atom stereocenters. The van der Waals surface area contributed by atoms with Crippen LogP contribution < -0.4 is 10.3 Å². The Labute approximate surface area is 224 Å². The molecule has 3 aromatic carbocycles. The van der Waals surface area contributed by atoms with Gasteiger partial charge in [-0.25, -0.2) is 4.98 Å². The van der Waals surface area contributed by atoms with Gasteiger partial charge in [0.25, 0.3) is 5.56 Å². The van der Waals surface area contributed by atoms with Crippen molar-refractivity contribution >= 4 is 22.9 Å². The Morgan fingerprint density at radius 3 is 2.39 bits per heavy atom. The van der Waals surface area contributed by atoms with E-state index in [1.807, 2.05) is 97.6 Å². The van der Waals surface area contributed by atoms with Gasteiger partial charge in [0.2, 0.25) is 5.91 Å². The van der Waals surface area contributed by atoms with Crippen molar-refractivity contribution in [2.24, 2.45) is 0 Å². The molecule has 0 radical (unpaired) electrons. The monoisotopic (exact) mass is 509 g/mol. The van der Waals surface area contributed by atoms with Crippen LogP contribution in [0.1, 0.15) is 57.5 Å². The van der Waals surface area contributed by atoms with Crippen LogP contribution in [0.4, 0.5) is 0 Å². The summed E-state index contributed by atoms with van der Waals surface area (Å²) in [5, 5.41) is 0.533. The second-order valence-corrected chi connectivity index (χ2v) is 9.21. The third kappa shape index (κ3) is 6.20. The number of ether oxygens (including phenoxy) is 1. The zero-order chi connectivity index (χ0) is 26.9. The molecule has 1 aromatic heterocycles. The maximum absolute atomic E-state index is 13.8. The van der Waals surface area contributed by atoms with Crippen LogP contribution in [0.3, 0.4) is 0 Å². The fourth-order valence-corrected chi connectivity index (χ4v) is 4.53. The predicted octanol–water partition coefficient (Wildman–Crippen LogP) is 6.58. The van der Waals surface area contributed by atoms with Crippen molar-refractivity contribution in [2.75, 3.05) is 13.2 Å². The van der Waals surface area contributed by atoms with Crippen LogP contribution in [0.5, 0.6) is 5.75 Å². The summed E-state index contributed by atoms with van der Waals surface area (Å²) < 4.78 is 7.23. The fraction of sp³-hybridized carbons (Fsp3) is 0.281. The number of para-hydroxylation sites is 1. The number of hydrogen-bond donors (Lipinski definition) is 0. The molecule has 0 fully saturated rings. The smallest absolute Gasteiger partial charge is 0.266 e. The van der Waals surface area contributed by atoms with Crippen molar-refractivity contribution in [1.82, 2.24) is 14.5 Å². The Morgan fingerprint density at radius 1 is 0.974 bits per heavy atom. The lowest BCUT2D eigenvalue weighted by atomic mass is 10.1. The maximum Gasteiger partial charge on any atom is 0.266 e. The zero-order valence-corrected chi connectivity index (χ0v) is 22.3. The molecule has 1 amide bonds. The number of fused-ring (bicyclic) bond motifs is 1. The molecule has 0 bridgehead atoms. The molecule has 1 heterocycles. The first-order valence-corrected chi connectivity index (χ1v) is 13.3. The van der Waals surface area contributed by atoms with E-state index in [0.717, 1.165) is 30.6 Å². The Hall–Kier alpha value is -4.19. The highest BCUT2D eigenvalue weighted by atomic mass is 16.5. The molecular formula is C32H35N3O3. The lowest BCUT2D eigenvalue weighted by molar-refractivity contribution is -0.128. The van der Waals surface area contributed by atoms with E-state index in [0.29, 0.717) is 35.6 Å². The first-order chi connectivity index (χ1) is 18.5. The second-order valence-electron chi connectivity index (χ2n) is 9.21. The van der Waals surface area contributed by atoms with Gasteiger partial charge in [-0.05, 0) is 68.3 Å². The topological polar surface area (TPSA) is 64.4 Å². The van der Waals surface area contributed by atoms with Gasteiger partial charge in [-0.1, -0.05) is 62.2 Å². The molecule has 6 nitrogen and oxygen atoms in total. The van der Waals surface area contributed by atoms with Crippen molar-refractivity contribution in [3.8, 4) is 11.4 Å². The summed E-state index contributed by atoms with van der Waals surface area (Å²) in [5.41, 5.74) is 2.08. The van der Waals surface area contributed by atoms with E-state index in [-0.39, 0.29) is 11.5 Å². The molecule has 0 aliphatic rings. The minimum Gasteiger partial charge on any atom is -0.494 e. The summed E-state index contributed by atoms with van der Waals surface area (Å²) in [6, 6.07) is 24.1. The van der Waals surface area contributed by atoms with Gasteiger partial charge in [0.15, 0.2) is 0 Å². The van der Waals surface area contributed by atoms with Gasteiger partial charge < -0.3 is 9.64 Å². The van der Waals surface area contributed by atoms with Crippen LogP contribution in [0, 0.1) is 0 Å². The average molecular weight is 510 g/mol. The minimum absolute atomic E-state index is 0.113. The third-order valence-electron chi connectivity index (χ3n) is 6.55. The largest absolute Gasteiger partial charge is 0.494 e. The van der Waals surface area contributed by atoms with E-state index in [2.05, 4.69) is 6.92 Å². The molecular weight excluding hydrogens is 474 g/mol. The Morgan fingerprint density at radius 2 is 1.68 bits per heavy atom. The Bertz CT molecular complexity index is 1440. The Balaban J connectivity index is 1.79. The summed E-state index contributed by atoms with van der Waals surface area (Å²) >= 11 is 0. The highest BCUT2D eigenvalue weighted by Gasteiger charge is 2.25. The number of carbonyl (C=O) groups excluding carboxylic acids is 1. The molecule has 0 N–H and O–H groups in total. The van der Waals surface area contributed by atoms with Gasteiger partial charge in [-0.15, -0.1) is 0 Å². The van der Waals surface area contributed by atoms with E-state index in [1.54, 1.807) is 16.7 Å². The zero-order valence-electron chi connectivity index (χ0n) is 22.3. The standard InChI is InChI=1S/C32H35N3O3/c1-4-6-12-23-34(30(36)22-17-25-13-8-7-9-14-25)24(3)31-33-29-16-11-10-15-28(29)32(37)35(31)26-18-20-27(21-19-26)38-5-2/h7-11,13-22,24H,4-6,12,23H2,1-3H3.